The second-order valence-corrected chi connectivity index (χ2v) is 15.6. The zero-order valence-corrected chi connectivity index (χ0v) is 31.4. The number of rotatable bonds is 6. The Kier molecular flexibility index (Phi) is 7.75. The minimum Gasteiger partial charge on any atom is -0.310 e. The number of fused-ring (bicyclic) bond motifs is 7. The van der Waals surface area contributed by atoms with Gasteiger partial charge in [-0.1, -0.05) is 158 Å². The third kappa shape index (κ3) is 5.54. The van der Waals surface area contributed by atoms with Crippen molar-refractivity contribution in [1.82, 2.24) is 0 Å². The van der Waals surface area contributed by atoms with Crippen LogP contribution >= 0.6 is 11.3 Å². The molecule has 0 aliphatic carbocycles. The van der Waals surface area contributed by atoms with Gasteiger partial charge < -0.3 is 4.90 Å². The Morgan fingerprint density at radius 3 is 1.70 bits per heavy atom. The maximum Gasteiger partial charge on any atom is 0.0467 e. The average molecular weight is 730 g/mol. The Labute approximate surface area is 330 Å². The lowest BCUT2D eigenvalue weighted by atomic mass is 9.93. The van der Waals surface area contributed by atoms with Gasteiger partial charge in [-0.2, -0.15) is 0 Å². The van der Waals surface area contributed by atoms with E-state index in [2.05, 4.69) is 217 Å². The summed E-state index contributed by atoms with van der Waals surface area (Å²) >= 11 is 1.88. The normalized spacial score (nSPS) is 11.6. The molecular formula is C54H35NS. The van der Waals surface area contributed by atoms with E-state index in [1.165, 1.54) is 85.9 Å². The fourth-order valence-corrected chi connectivity index (χ4v) is 9.75. The zero-order valence-electron chi connectivity index (χ0n) is 30.6. The Hall–Kier alpha value is -7.00. The monoisotopic (exact) mass is 729 g/mol. The first-order valence-corrected chi connectivity index (χ1v) is 20.0. The van der Waals surface area contributed by atoms with Crippen LogP contribution in [0.4, 0.5) is 17.1 Å². The first-order chi connectivity index (χ1) is 27.7. The molecule has 10 aromatic carbocycles. The van der Waals surface area contributed by atoms with Gasteiger partial charge in [0, 0.05) is 37.2 Å². The Bertz CT molecular complexity index is 3260. The lowest BCUT2D eigenvalue weighted by molar-refractivity contribution is 1.28. The van der Waals surface area contributed by atoms with Gasteiger partial charge >= 0.3 is 0 Å². The van der Waals surface area contributed by atoms with Gasteiger partial charge in [-0.15, -0.1) is 11.3 Å². The average Bonchev–Trinajstić information content (AvgIpc) is 3.66. The highest BCUT2D eigenvalue weighted by molar-refractivity contribution is 7.26. The van der Waals surface area contributed by atoms with Crippen LogP contribution in [0.5, 0.6) is 0 Å². The van der Waals surface area contributed by atoms with Crippen molar-refractivity contribution in [3.8, 4) is 33.4 Å². The van der Waals surface area contributed by atoms with Crippen LogP contribution in [0.2, 0.25) is 0 Å². The van der Waals surface area contributed by atoms with Crippen molar-refractivity contribution < 1.29 is 0 Å². The highest BCUT2D eigenvalue weighted by Gasteiger charge is 2.17. The van der Waals surface area contributed by atoms with Crippen LogP contribution in [0.15, 0.2) is 212 Å². The molecule has 1 nitrogen and oxygen atoms in total. The molecule has 0 amide bonds. The fraction of sp³-hybridized carbons (Fsp3) is 0. The van der Waals surface area contributed by atoms with Crippen LogP contribution < -0.4 is 4.90 Å². The van der Waals surface area contributed by atoms with Crippen LogP contribution in [0.1, 0.15) is 0 Å². The molecule has 0 N–H and O–H groups in total. The standard InChI is InChI=1S/C54H35NS/c1-2-13-38-32-40(27-26-36(38)12-1)39-15-9-17-44(33-39)55(43-30-28-37(29-31-43)47-23-11-24-51-50-22-7-8-25-53(50)56-54(47)51)45-18-10-16-41(34-45)52-35-42-14-3-4-19-46(42)48-20-5-6-21-49(48)52/h1-35H. The van der Waals surface area contributed by atoms with Crippen molar-refractivity contribution >= 4 is 80.9 Å². The van der Waals surface area contributed by atoms with E-state index >= 15 is 0 Å². The minimum absolute atomic E-state index is 1.11. The molecule has 11 aromatic rings. The smallest absolute Gasteiger partial charge is 0.0467 e. The molecule has 0 aliphatic heterocycles. The van der Waals surface area contributed by atoms with Gasteiger partial charge in [0.15, 0.2) is 0 Å². The molecule has 0 atom stereocenters. The van der Waals surface area contributed by atoms with E-state index in [-0.39, 0.29) is 0 Å². The molecule has 0 spiro atoms. The molecule has 11 rings (SSSR count). The van der Waals surface area contributed by atoms with Crippen LogP contribution in [-0.4, -0.2) is 0 Å². The summed E-state index contributed by atoms with van der Waals surface area (Å²) in [4.78, 5) is 2.40. The maximum absolute atomic E-state index is 2.40. The van der Waals surface area contributed by atoms with Crippen LogP contribution in [0, 0.1) is 0 Å². The molecular weight excluding hydrogens is 695 g/mol. The predicted octanol–water partition coefficient (Wildman–Crippen LogP) is 16.0. The maximum atomic E-state index is 2.40. The first kappa shape index (κ1) is 32.4. The van der Waals surface area contributed by atoms with Crippen molar-refractivity contribution in [2.24, 2.45) is 0 Å². The van der Waals surface area contributed by atoms with Crippen molar-refractivity contribution in [3.05, 3.63) is 212 Å². The summed E-state index contributed by atoms with van der Waals surface area (Å²) in [5.74, 6) is 0. The summed E-state index contributed by atoms with van der Waals surface area (Å²) in [6.07, 6.45) is 0. The lowest BCUT2D eigenvalue weighted by Crippen LogP contribution is -2.10. The first-order valence-electron chi connectivity index (χ1n) is 19.2. The number of hydrogen-bond acceptors (Lipinski definition) is 2. The largest absolute Gasteiger partial charge is 0.310 e. The highest BCUT2D eigenvalue weighted by atomic mass is 32.1. The van der Waals surface area contributed by atoms with E-state index in [9.17, 15) is 0 Å². The summed E-state index contributed by atoms with van der Waals surface area (Å²) in [6, 6.07) is 77.8. The van der Waals surface area contributed by atoms with Gasteiger partial charge in [0.05, 0.1) is 0 Å². The molecule has 0 fully saturated rings. The number of nitrogens with zero attached hydrogens (tertiary/aromatic N) is 1. The van der Waals surface area contributed by atoms with Crippen molar-refractivity contribution in [2.45, 2.75) is 0 Å². The van der Waals surface area contributed by atoms with Crippen LogP contribution in [-0.2, 0) is 0 Å². The topological polar surface area (TPSA) is 3.24 Å². The van der Waals surface area contributed by atoms with E-state index in [4.69, 9.17) is 0 Å². The molecule has 0 aliphatic rings. The molecule has 1 heterocycles. The molecule has 56 heavy (non-hydrogen) atoms. The van der Waals surface area contributed by atoms with Gasteiger partial charge in [-0.25, -0.2) is 0 Å². The second kappa shape index (κ2) is 13.4. The minimum atomic E-state index is 1.11. The quantitative estimate of drug-likeness (QED) is 0.154. The van der Waals surface area contributed by atoms with Crippen molar-refractivity contribution in [3.63, 3.8) is 0 Å². The van der Waals surface area contributed by atoms with E-state index < -0.39 is 0 Å². The van der Waals surface area contributed by atoms with Crippen LogP contribution in [0.25, 0.3) is 85.9 Å². The zero-order chi connectivity index (χ0) is 37.0. The third-order valence-electron chi connectivity index (χ3n) is 11.2. The van der Waals surface area contributed by atoms with Gasteiger partial charge in [0.25, 0.3) is 0 Å². The molecule has 0 unspecified atom stereocenters. The Balaban J connectivity index is 1.07. The molecule has 0 radical (unpaired) electrons. The number of thiophene rings is 1. The molecule has 262 valence electrons. The van der Waals surface area contributed by atoms with Crippen molar-refractivity contribution in [1.29, 1.82) is 0 Å². The molecule has 0 saturated heterocycles. The van der Waals surface area contributed by atoms with Gasteiger partial charge in [-0.05, 0) is 120 Å². The lowest BCUT2D eigenvalue weighted by Gasteiger charge is -2.27. The van der Waals surface area contributed by atoms with E-state index in [1.807, 2.05) is 11.3 Å². The van der Waals surface area contributed by atoms with Crippen molar-refractivity contribution in [2.75, 3.05) is 4.90 Å². The summed E-state index contributed by atoms with van der Waals surface area (Å²) in [6.45, 7) is 0. The summed E-state index contributed by atoms with van der Waals surface area (Å²) < 4.78 is 2.65. The van der Waals surface area contributed by atoms with Gasteiger partial charge in [0.1, 0.15) is 0 Å². The van der Waals surface area contributed by atoms with E-state index in [0.717, 1.165) is 17.1 Å². The molecule has 2 heteroatoms. The molecule has 1 aromatic heterocycles. The molecule has 0 bridgehead atoms. The van der Waals surface area contributed by atoms with Gasteiger partial charge in [-0.3, -0.25) is 0 Å². The number of benzene rings is 10. The Morgan fingerprint density at radius 2 is 0.875 bits per heavy atom. The van der Waals surface area contributed by atoms with Gasteiger partial charge in [0.2, 0.25) is 0 Å². The summed E-state index contributed by atoms with van der Waals surface area (Å²) in [7, 11) is 0. The van der Waals surface area contributed by atoms with E-state index in [1.54, 1.807) is 0 Å². The molecule has 0 saturated carbocycles. The fourth-order valence-electron chi connectivity index (χ4n) is 8.51. The SMILES string of the molecule is c1cc(-c2ccc3ccccc3c2)cc(N(c2ccc(-c3cccc4c3sc3ccccc34)cc2)c2cccc(-c3cc4ccccc4c4ccccc34)c2)c1. The number of anilines is 3. The third-order valence-corrected chi connectivity index (χ3v) is 12.4. The summed E-state index contributed by atoms with van der Waals surface area (Å²) in [5.41, 5.74) is 10.6. The van der Waals surface area contributed by atoms with Crippen LogP contribution in [0.3, 0.4) is 0 Å². The predicted molar refractivity (Wildman–Crippen MR) is 243 cm³/mol. The second-order valence-electron chi connectivity index (χ2n) is 14.5. The summed E-state index contributed by atoms with van der Waals surface area (Å²) in [5, 5.41) is 10.2. The van der Waals surface area contributed by atoms with E-state index in [0.29, 0.717) is 0 Å². The Morgan fingerprint density at radius 1 is 0.286 bits per heavy atom. The number of hydrogen-bond donors (Lipinski definition) is 0. The highest BCUT2D eigenvalue weighted by Crippen LogP contribution is 2.43.